The van der Waals surface area contributed by atoms with Gasteiger partial charge in [0.1, 0.15) is 17.2 Å². The summed E-state index contributed by atoms with van der Waals surface area (Å²) in [6.45, 7) is 10.9. The van der Waals surface area contributed by atoms with Crippen molar-refractivity contribution in [3.8, 4) is 0 Å². The monoisotopic (exact) mass is 407 g/mol. The van der Waals surface area contributed by atoms with Crippen LogP contribution in [-0.4, -0.2) is 28.1 Å². The molecule has 158 valence electrons. The van der Waals surface area contributed by atoms with Gasteiger partial charge >= 0.3 is 12.1 Å². The normalized spacial score (nSPS) is 24.1. The third kappa shape index (κ3) is 4.25. The molecule has 5 nitrogen and oxygen atoms in total. The zero-order chi connectivity index (χ0) is 21.9. The van der Waals surface area contributed by atoms with Crippen LogP contribution in [-0.2, 0) is 14.3 Å². The average Bonchev–Trinajstić information content (AvgIpc) is 2.69. The molecule has 1 aliphatic heterocycles. The predicted octanol–water partition coefficient (Wildman–Crippen LogP) is 5.60. The van der Waals surface area contributed by atoms with E-state index in [0.717, 1.165) is 11.1 Å². The Labute approximate surface area is 178 Å². The first-order chi connectivity index (χ1) is 14.2. The zero-order valence-electron chi connectivity index (χ0n) is 18.0. The van der Waals surface area contributed by atoms with Gasteiger partial charge in [-0.05, 0) is 45.2 Å². The van der Waals surface area contributed by atoms with E-state index in [1.165, 1.54) is 0 Å². The Morgan fingerprint density at radius 3 is 2.13 bits per heavy atom. The molecule has 1 saturated heterocycles. The maximum absolute atomic E-state index is 13.5. The molecule has 1 aliphatic rings. The van der Waals surface area contributed by atoms with Crippen LogP contribution in [0.25, 0.3) is 0 Å². The fourth-order valence-corrected chi connectivity index (χ4v) is 3.80. The molecule has 0 aliphatic carbocycles. The highest BCUT2D eigenvalue weighted by Gasteiger charge is 2.55. The molecule has 1 fully saturated rings. The summed E-state index contributed by atoms with van der Waals surface area (Å²) in [5.74, 6) is -0.478. The number of esters is 1. The van der Waals surface area contributed by atoms with Crippen molar-refractivity contribution in [1.29, 1.82) is 0 Å². The first kappa shape index (κ1) is 21.6. The van der Waals surface area contributed by atoms with Crippen molar-refractivity contribution in [2.24, 2.45) is 0 Å². The van der Waals surface area contributed by atoms with Gasteiger partial charge < -0.3 is 9.47 Å². The van der Waals surface area contributed by atoms with Gasteiger partial charge in [0.2, 0.25) is 0 Å². The van der Waals surface area contributed by atoms with Gasteiger partial charge in [0.05, 0.1) is 0 Å². The molecule has 1 amide bonds. The molecule has 0 radical (unpaired) electrons. The van der Waals surface area contributed by atoms with Crippen molar-refractivity contribution in [2.45, 2.75) is 57.4 Å². The maximum atomic E-state index is 13.5. The summed E-state index contributed by atoms with van der Waals surface area (Å²) in [5.41, 5.74) is -0.277. The number of amides is 1. The van der Waals surface area contributed by atoms with E-state index in [2.05, 4.69) is 6.58 Å². The molecule has 0 spiro atoms. The van der Waals surface area contributed by atoms with Crippen molar-refractivity contribution < 1.29 is 19.1 Å². The summed E-state index contributed by atoms with van der Waals surface area (Å²) in [5, 5.41) is 0. The quantitative estimate of drug-likeness (QED) is 0.489. The lowest BCUT2D eigenvalue weighted by molar-refractivity contribution is -0.186. The van der Waals surface area contributed by atoms with Gasteiger partial charge in [0.25, 0.3) is 0 Å². The molecule has 3 rings (SSSR count). The highest BCUT2D eigenvalue weighted by Crippen LogP contribution is 2.47. The van der Waals surface area contributed by atoms with Crippen LogP contribution < -0.4 is 0 Å². The number of ether oxygens (including phenoxy) is 2. The number of rotatable bonds is 4. The molecule has 30 heavy (non-hydrogen) atoms. The lowest BCUT2D eigenvalue weighted by Crippen LogP contribution is -2.62. The molecule has 0 N–H and O–H groups in total. The number of benzene rings is 2. The SMILES string of the molecule is C=CC[C@]1(C)C(=O)O[C@@H](c2ccccc2)[C@@H](c2ccccc2)N1C(=O)OC(C)(C)C. The first-order valence-corrected chi connectivity index (χ1v) is 10.1. The average molecular weight is 408 g/mol. The molecule has 2 aromatic carbocycles. The van der Waals surface area contributed by atoms with E-state index in [1.807, 2.05) is 81.4 Å². The van der Waals surface area contributed by atoms with E-state index in [-0.39, 0.29) is 6.42 Å². The predicted molar refractivity (Wildman–Crippen MR) is 116 cm³/mol. The lowest BCUT2D eigenvalue weighted by Gasteiger charge is -2.50. The number of nitrogens with zero attached hydrogens (tertiary/aromatic N) is 1. The second-order valence-corrected chi connectivity index (χ2v) is 8.71. The standard InChI is InChI=1S/C25H29NO4/c1-6-17-25(5)22(27)29-21(19-15-11-8-12-16-19)20(18-13-9-7-10-14-18)26(25)23(28)30-24(2,3)4/h6-16,20-21H,1,17H2,2-5H3/t20-,21+,25-/m1/s1. The van der Waals surface area contributed by atoms with Crippen LogP contribution in [0.2, 0.25) is 0 Å². The minimum atomic E-state index is -1.24. The van der Waals surface area contributed by atoms with Crippen LogP contribution in [0.4, 0.5) is 4.79 Å². The number of carbonyl (C=O) groups is 2. The third-order valence-electron chi connectivity index (χ3n) is 5.17. The van der Waals surface area contributed by atoms with Crippen LogP contribution in [0.3, 0.4) is 0 Å². The van der Waals surface area contributed by atoms with Crippen molar-refractivity contribution >= 4 is 12.1 Å². The van der Waals surface area contributed by atoms with Gasteiger partial charge in [-0.2, -0.15) is 0 Å². The lowest BCUT2D eigenvalue weighted by atomic mass is 9.85. The number of hydrogen-bond acceptors (Lipinski definition) is 4. The molecule has 1 heterocycles. The summed E-state index contributed by atoms with van der Waals surface area (Å²) in [4.78, 5) is 28.2. The molecular weight excluding hydrogens is 378 g/mol. The van der Waals surface area contributed by atoms with E-state index >= 15 is 0 Å². The van der Waals surface area contributed by atoms with E-state index < -0.39 is 35.3 Å². The van der Waals surface area contributed by atoms with Crippen LogP contribution in [0.1, 0.15) is 57.4 Å². The fraction of sp³-hybridized carbons (Fsp3) is 0.360. The molecule has 2 aromatic rings. The Morgan fingerprint density at radius 1 is 1.10 bits per heavy atom. The van der Waals surface area contributed by atoms with Gasteiger partial charge in [-0.15, -0.1) is 6.58 Å². The minimum absolute atomic E-state index is 0.246. The Bertz CT molecular complexity index is 904. The van der Waals surface area contributed by atoms with E-state index in [0.29, 0.717) is 0 Å². The van der Waals surface area contributed by atoms with Gasteiger partial charge in [0.15, 0.2) is 6.10 Å². The van der Waals surface area contributed by atoms with Gasteiger partial charge in [-0.3, -0.25) is 4.90 Å². The zero-order valence-corrected chi connectivity index (χ0v) is 18.0. The van der Waals surface area contributed by atoms with Crippen LogP contribution in [0, 0.1) is 0 Å². The Morgan fingerprint density at radius 2 is 1.63 bits per heavy atom. The highest BCUT2D eigenvalue weighted by atomic mass is 16.6. The Kier molecular flexibility index (Phi) is 6.01. The van der Waals surface area contributed by atoms with Gasteiger partial charge in [0, 0.05) is 0 Å². The maximum Gasteiger partial charge on any atom is 0.411 e. The minimum Gasteiger partial charge on any atom is -0.453 e. The van der Waals surface area contributed by atoms with Crippen molar-refractivity contribution in [2.75, 3.05) is 0 Å². The van der Waals surface area contributed by atoms with Crippen molar-refractivity contribution in [3.63, 3.8) is 0 Å². The van der Waals surface area contributed by atoms with Gasteiger partial charge in [-0.25, -0.2) is 9.59 Å². The number of carbonyl (C=O) groups excluding carboxylic acids is 2. The molecule has 5 heteroatoms. The van der Waals surface area contributed by atoms with E-state index in [4.69, 9.17) is 9.47 Å². The molecule has 0 bridgehead atoms. The second-order valence-electron chi connectivity index (χ2n) is 8.71. The molecule has 3 atom stereocenters. The summed E-state index contributed by atoms with van der Waals surface area (Å²) in [7, 11) is 0. The second kappa shape index (κ2) is 8.34. The van der Waals surface area contributed by atoms with Crippen LogP contribution in [0.15, 0.2) is 73.3 Å². The topological polar surface area (TPSA) is 55.8 Å². The van der Waals surface area contributed by atoms with Crippen molar-refractivity contribution in [3.05, 3.63) is 84.4 Å². The summed E-state index contributed by atoms with van der Waals surface area (Å²) in [6, 6.07) is 18.5. The van der Waals surface area contributed by atoms with Gasteiger partial charge in [-0.1, -0.05) is 66.7 Å². The highest BCUT2D eigenvalue weighted by molar-refractivity contribution is 5.87. The third-order valence-corrected chi connectivity index (χ3v) is 5.17. The van der Waals surface area contributed by atoms with Crippen LogP contribution >= 0.6 is 0 Å². The molecule has 0 unspecified atom stereocenters. The Balaban J connectivity index is 2.20. The molecule has 0 aromatic heterocycles. The largest absolute Gasteiger partial charge is 0.453 e. The van der Waals surface area contributed by atoms with Crippen molar-refractivity contribution in [1.82, 2.24) is 4.90 Å². The molecule has 0 saturated carbocycles. The summed E-state index contributed by atoms with van der Waals surface area (Å²) >= 11 is 0. The van der Waals surface area contributed by atoms with E-state index in [1.54, 1.807) is 17.9 Å². The summed E-state index contributed by atoms with van der Waals surface area (Å²) < 4.78 is 11.7. The first-order valence-electron chi connectivity index (χ1n) is 10.1. The van der Waals surface area contributed by atoms with Crippen LogP contribution in [0.5, 0.6) is 0 Å². The smallest absolute Gasteiger partial charge is 0.411 e. The summed E-state index contributed by atoms with van der Waals surface area (Å²) in [6.07, 6.45) is 0.657. The Hall–Kier alpha value is -3.08. The number of cyclic esters (lactones) is 1. The number of hydrogen-bond donors (Lipinski definition) is 0. The fourth-order valence-electron chi connectivity index (χ4n) is 3.80. The number of morpholine rings is 1. The molecular formula is C25H29NO4. The van der Waals surface area contributed by atoms with E-state index in [9.17, 15) is 9.59 Å².